The van der Waals surface area contributed by atoms with Gasteiger partial charge in [0.1, 0.15) is 0 Å². The molecule has 0 unspecified atom stereocenters. The van der Waals surface area contributed by atoms with Crippen LogP contribution in [0.25, 0.3) is 0 Å². The van der Waals surface area contributed by atoms with E-state index in [1.165, 1.54) is 57.8 Å². The van der Waals surface area contributed by atoms with E-state index in [2.05, 4.69) is 26.1 Å². The van der Waals surface area contributed by atoms with Crippen molar-refractivity contribution in [2.45, 2.75) is 104 Å². The van der Waals surface area contributed by atoms with Crippen LogP contribution in [0.1, 0.15) is 97.8 Å². The third-order valence-corrected chi connectivity index (χ3v) is 7.44. The summed E-state index contributed by atoms with van der Waals surface area (Å²) in [7, 11) is -0.571. The van der Waals surface area contributed by atoms with E-state index in [0.29, 0.717) is 0 Å². The lowest BCUT2D eigenvalue weighted by molar-refractivity contribution is 0.0554. The van der Waals surface area contributed by atoms with E-state index < -0.39 is 8.80 Å². The standard InChI is InChI=1S/C21H47NO3Si/c1-5-8-11-14-18-23-26(21-17-22-4,24-19-15-12-9-6-2)25-20-16-13-10-7-3/h22H,5-21H2,1-4H3. The summed E-state index contributed by atoms with van der Waals surface area (Å²) in [6, 6.07) is 0.874. The Labute approximate surface area is 165 Å². The molecular weight excluding hydrogens is 342 g/mol. The average molecular weight is 390 g/mol. The zero-order valence-corrected chi connectivity index (χ0v) is 19.2. The van der Waals surface area contributed by atoms with E-state index in [9.17, 15) is 0 Å². The van der Waals surface area contributed by atoms with Crippen LogP contribution in [0.15, 0.2) is 0 Å². The summed E-state index contributed by atoms with van der Waals surface area (Å²) in [4.78, 5) is 0. The molecule has 0 aliphatic heterocycles. The summed E-state index contributed by atoms with van der Waals surface area (Å²) in [6.07, 6.45) is 14.7. The number of hydrogen-bond acceptors (Lipinski definition) is 4. The first-order chi connectivity index (χ1) is 12.7. The molecule has 158 valence electrons. The van der Waals surface area contributed by atoms with E-state index in [1.807, 2.05) is 7.05 Å². The molecule has 0 amide bonds. The second kappa shape index (κ2) is 19.8. The smallest absolute Gasteiger partial charge is 0.373 e. The zero-order chi connectivity index (χ0) is 19.3. The zero-order valence-electron chi connectivity index (χ0n) is 18.2. The van der Waals surface area contributed by atoms with Crippen molar-refractivity contribution in [3.8, 4) is 0 Å². The summed E-state index contributed by atoms with van der Waals surface area (Å²) in [5.41, 5.74) is 0. The molecule has 0 aromatic rings. The molecule has 0 atom stereocenters. The van der Waals surface area contributed by atoms with E-state index in [0.717, 1.165) is 51.7 Å². The van der Waals surface area contributed by atoms with E-state index >= 15 is 0 Å². The maximum absolute atomic E-state index is 6.35. The van der Waals surface area contributed by atoms with Crippen molar-refractivity contribution < 1.29 is 13.3 Å². The average Bonchev–Trinajstić information content (AvgIpc) is 2.65. The third kappa shape index (κ3) is 15.1. The molecular formula is C21H47NO3Si. The summed E-state index contributed by atoms with van der Waals surface area (Å²) in [6.45, 7) is 9.95. The van der Waals surface area contributed by atoms with Gasteiger partial charge in [-0.15, -0.1) is 0 Å². The van der Waals surface area contributed by atoms with Crippen LogP contribution in [0.2, 0.25) is 6.04 Å². The van der Waals surface area contributed by atoms with Crippen LogP contribution >= 0.6 is 0 Å². The van der Waals surface area contributed by atoms with E-state index in [1.54, 1.807) is 0 Å². The van der Waals surface area contributed by atoms with Gasteiger partial charge in [-0.1, -0.05) is 78.6 Å². The van der Waals surface area contributed by atoms with Crippen LogP contribution in [0.5, 0.6) is 0 Å². The Morgan fingerprint density at radius 2 is 0.962 bits per heavy atom. The second-order valence-corrected chi connectivity index (χ2v) is 10.00. The van der Waals surface area contributed by atoms with Crippen LogP contribution < -0.4 is 5.32 Å². The van der Waals surface area contributed by atoms with Crippen molar-refractivity contribution in [1.82, 2.24) is 5.32 Å². The Kier molecular flexibility index (Phi) is 19.9. The highest BCUT2D eigenvalue weighted by molar-refractivity contribution is 6.60. The van der Waals surface area contributed by atoms with Crippen molar-refractivity contribution in [3.63, 3.8) is 0 Å². The van der Waals surface area contributed by atoms with Crippen LogP contribution in [-0.2, 0) is 13.3 Å². The van der Waals surface area contributed by atoms with Crippen LogP contribution in [0.4, 0.5) is 0 Å². The van der Waals surface area contributed by atoms with Crippen molar-refractivity contribution in [2.24, 2.45) is 0 Å². The molecule has 5 heteroatoms. The SMILES string of the molecule is CCCCCCO[Si](CCNC)(OCCCCCC)OCCCCCC. The van der Waals surface area contributed by atoms with Crippen molar-refractivity contribution in [1.29, 1.82) is 0 Å². The first-order valence-corrected chi connectivity index (χ1v) is 13.2. The van der Waals surface area contributed by atoms with Gasteiger partial charge in [-0.25, -0.2) is 0 Å². The van der Waals surface area contributed by atoms with Crippen LogP contribution in [0.3, 0.4) is 0 Å². The Morgan fingerprint density at radius 1 is 0.577 bits per heavy atom. The Balaban J connectivity index is 4.52. The Hall–Kier alpha value is 0.0569. The summed E-state index contributed by atoms with van der Waals surface area (Å²) in [5.74, 6) is 0. The number of hydrogen-bond donors (Lipinski definition) is 1. The maximum atomic E-state index is 6.35. The summed E-state index contributed by atoms with van der Waals surface area (Å²) < 4.78 is 19.0. The number of unbranched alkanes of at least 4 members (excludes halogenated alkanes) is 9. The van der Waals surface area contributed by atoms with Gasteiger partial charge in [0.15, 0.2) is 0 Å². The van der Waals surface area contributed by atoms with Crippen LogP contribution in [0, 0.1) is 0 Å². The second-order valence-electron chi connectivity index (χ2n) is 7.26. The molecule has 26 heavy (non-hydrogen) atoms. The molecule has 1 N–H and O–H groups in total. The monoisotopic (exact) mass is 389 g/mol. The molecule has 0 spiro atoms. The van der Waals surface area contributed by atoms with E-state index in [-0.39, 0.29) is 0 Å². The van der Waals surface area contributed by atoms with E-state index in [4.69, 9.17) is 13.3 Å². The predicted octanol–water partition coefficient (Wildman–Crippen LogP) is 5.94. The summed E-state index contributed by atoms with van der Waals surface area (Å²) >= 11 is 0. The highest BCUT2D eigenvalue weighted by atomic mass is 28.4. The minimum absolute atomic E-state index is 0.778. The lowest BCUT2D eigenvalue weighted by Gasteiger charge is -2.30. The molecule has 0 heterocycles. The fourth-order valence-corrected chi connectivity index (χ4v) is 5.49. The fraction of sp³-hybridized carbons (Fsp3) is 1.00. The van der Waals surface area contributed by atoms with Crippen molar-refractivity contribution in [2.75, 3.05) is 33.4 Å². The molecule has 0 bridgehead atoms. The van der Waals surface area contributed by atoms with Crippen LogP contribution in [-0.4, -0.2) is 42.2 Å². The molecule has 0 fully saturated rings. The van der Waals surface area contributed by atoms with Gasteiger partial charge in [0, 0.05) is 25.9 Å². The first kappa shape index (κ1) is 26.1. The quantitative estimate of drug-likeness (QED) is 0.195. The largest absolute Gasteiger partial charge is 0.502 e. The van der Waals surface area contributed by atoms with Gasteiger partial charge in [0.2, 0.25) is 0 Å². The molecule has 0 aliphatic rings. The molecule has 0 aromatic carbocycles. The lowest BCUT2D eigenvalue weighted by atomic mass is 10.2. The third-order valence-electron chi connectivity index (χ3n) is 4.64. The Morgan fingerprint density at radius 3 is 1.27 bits per heavy atom. The van der Waals surface area contributed by atoms with Gasteiger partial charge in [0.05, 0.1) is 0 Å². The number of rotatable bonds is 21. The Bertz CT molecular complexity index is 244. The topological polar surface area (TPSA) is 39.7 Å². The van der Waals surface area contributed by atoms with Gasteiger partial charge in [-0.2, -0.15) is 0 Å². The number of nitrogens with one attached hydrogen (secondary N) is 1. The molecule has 0 radical (unpaired) electrons. The molecule has 0 aliphatic carbocycles. The minimum atomic E-state index is -2.56. The normalized spacial score (nSPS) is 12.0. The summed E-state index contributed by atoms with van der Waals surface area (Å²) in [5, 5.41) is 3.25. The van der Waals surface area contributed by atoms with Gasteiger partial charge in [0.25, 0.3) is 0 Å². The predicted molar refractivity (Wildman–Crippen MR) is 115 cm³/mol. The molecule has 0 saturated carbocycles. The first-order valence-electron chi connectivity index (χ1n) is 11.3. The minimum Gasteiger partial charge on any atom is -0.373 e. The van der Waals surface area contributed by atoms with Gasteiger partial charge in [-0.05, 0) is 32.9 Å². The highest BCUT2D eigenvalue weighted by Crippen LogP contribution is 2.19. The van der Waals surface area contributed by atoms with Crippen molar-refractivity contribution in [3.05, 3.63) is 0 Å². The van der Waals surface area contributed by atoms with Crippen molar-refractivity contribution >= 4 is 8.80 Å². The molecule has 0 aromatic heterocycles. The highest BCUT2D eigenvalue weighted by Gasteiger charge is 2.40. The lowest BCUT2D eigenvalue weighted by Crippen LogP contribution is -2.48. The maximum Gasteiger partial charge on any atom is 0.502 e. The van der Waals surface area contributed by atoms with Gasteiger partial charge >= 0.3 is 8.80 Å². The molecule has 4 nitrogen and oxygen atoms in total. The molecule has 0 rings (SSSR count). The van der Waals surface area contributed by atoms with Gasteiger partial charge < -0.3 is 18.6 Å². The fourth-order valence-electron chi connectivity index (χ4n) is 2.89. The van der Waals surface area contributed by atoms with Gasteiger partial charge in [-0.3, -0.25) is 0 Å². The molecule has 0 saturated heterocycles.